The van der Waals surface area contributed by atoms with E-state index in [0.29, 0.717) is 4.45 Å². The molecule has 0 aromatic rings. The predicted molar refractivity (Wildman–Crippen MR) is 50.6 cm³/mol. The maximum atomic E-state index is 5.41. The van der Waals surface area contributed by atoms with Crippen molar-refractivity contribution in [3.8, 4) is 0 Å². The van der Waals surface area contributed by atoms with E-state index < -0.39 is 0 Å². The number of halogens is 1. The summed E-state index contributed by atoms with van der Waals surface area (Å²) in [5.41, 5.74) is 0. The molecule has 3 heteroatoms. The molecule has 0 aliphatic rings. The largest absolute Gasteiger partial charge is 0.367 e. The third-order valence-corrected chi connectivity index (χ3v) is 1.57. The Labute approximate surface area is 73.1 Å². The standard InChI is InChI=1S/C7H14ClNS/c1-2-3-4-5-6-9-7(8)10/h2-6H2,1H3,(H,9,10). The van der Waals surface area contributed by atoms with Crippen molar-refractivity contribution in [2.45, 2.75) is 32.6 Å². The second-order valence-electron chi connectivity index (χ2n) is 2.26. The normalized spacial score (nSPS) is 9.40. The molecule has 0 saturated heterocycles. The van der Waals surface area contributed by atoms with E-state index in [1.165, 1.54) is 25.7 Å². The van der Waals surface area contributed by atoms with Crippen molar-refractivity contribution >= 4 is 28.3 Å². The maximum Gasteiger partial charge on any atom is 0.167 e. The van der Waals surface area contributed by atoms with Crippen LogP contribution in [-0.4, -0.2) is 11.0 Å². The lowest BCUT2D eigenvalue weighted by atomic mass is 10.2. The molecule has 10 heavy (non-hydrogen) atoms. The molecule has 0 radical (unpaired) electrons. The molecule has 0 atom stereocenters. The fourth-order valence-corrected chi connectivity index (χ4v) is 0.935. The van der Waals surface area contributed by atoms with Crippen molar-refractivity contribution in [3.05, 3.63) is 0 Å². The summed E-state index contributed by atoms with van der Waals surface area (Å²) < 4.78 is 0.386. The average molecular weight is 180 g/mol. The lowest BCUT2D eigenvalue weighted by molar-refractivity contribution is 0.657. The van der Waals surface area contributed by atoms with E-state index in [1.807, 2.05) is 0 Å². The van der Waals surface area contributed by atoms with Crippen molar-refractivity contribution in [2.24, 2.45) is 0 Å². The van der Waals surface area contributed by atoms with Crippen LogP contribution in [0.5, 0.6) is 0 Å². The first-order valence-corrected chi connectivity index (χ1v) is 4.49. The van der Waals surface area contributed by atoms with E-state index >= 15 is 0 Å². The summed E-state index contributed by atoms with van der Waals surface area (Å²) in [5.74, 6) is 0. The van der Waals surface area contributed by atoms with Gasteiger partial charge >= 0.3 is 0 Å². The molecular weight excluding hydrogens is 166 g/mol. The Balaban J connectivity index is 2.84. The van der Waals surface area contributed by atoms with Crippen LogP contribution < -0.4 is 5.32 Å². The third-order valence-electron chi connectivity index (χ3n) is 1.29. The first-order chi connectivity index (χ1) is 4.77. The Kier molecular flexibility index (Phi) is 7.42. The molecule has 1 nitrogen and oxygen atoms in total. The van der Waals surface area contributed by atoms with Crippen molar-refractivity contribution in [1.82, 2.24) is 5.32 Å². The van der Waals surface area contributed by atoms with Crippen molar-refractivity contribution in [1.29, 1.82) is 0 Å². The fourth-order valence-electron chi connectivity index (χ4n) is 0.738. The van der Waals surface area contributed by atoms with Gasteiger partial charge in [0.25, 0.3) is 0 Å². The van der Waals surface area contributed by atoms with Crippen LogP contribution in [0.25, 0.3) is 0 Å². The van der Waals surface area contributed by atoms with Gasteiger partial charge in [-0.3, -0.25) is 0 Å². The Morgan fingerprint density at radius 2 is 2.10 bits per heavy atom. The zero-order chi connectivity index (χ0) is 7.82. The molecule has 0 saturated carbocycles. The molecule has 0 heterocycles. The van der Waals surface area contributed by atoms with E-state index in [-0.39, 0.29) is 0 Å². The smallest absolute Gasteiger partial charge is 0.167 e. The topological polar surface area (TPSA) is 12.0 Å². The SMILES string of the molecule is CCCCCCNC(=S)Cl. The van der Waals surface area contributed by atoms with Crippen LogP contribution in [0.4, 0.5) is 0 Å². The highest BCUT2D eigenvalue weighted by Crippen LogP contribution is 1.97. The highest BCUT2D eigenvalue weighted by molar-refractivity contribution is 7.83. The minimum atomic E-state index is 0.386. The molecule has 0 aliphatic heterocycles. The zero-order valence-electron chi connectivity index (χ0n) is 6.32. The van der Waals surface area contributed by atoms with Gasteiger partial charge in [0.2, 0.25) is 0 Å². The summed E-state index contributed by atoms with van der Waals surface area (Å²) in [6.07, 6.45) is 5.01. The number of rotatable bonds is 5. The van der Waals surface area contributed by atoms with Gasteiger partial charge in [0.1, 0.15) is 0 Å². The lowest BCUT2D eigenvalue weighted by Crippen LogP contribution is -2.17. The average Bonchev–Trinajstić information content (AvgIpc) is 1.87. The molecule has 0 fully saturated rings. The van der Waals surface area contributed by atoms with E-state index in [2.05, 4.69) is 24.5 Å². The van der Waals surface area contributed by atoms with E-state index in [9.17, 15) is 0 Å². The van der Waals surface area contributed by atoms with Crippen LogP contribution in [0.15, 0.2) is 0 Å². The Bertz CT molecular complexity index is 95.6. The number of hydrogen-bond acceptors (Lipinski definition) is 1. The summed E-state index contributed by atoms with van der Waals surface area (Å²) in [6, 6.07) is 0. The molecule has 0 unspecified atom stereocenters. The van der Waals surface area contributed by atoms with E-state index in [1.54, 1.807) is 0 Å². The molecule has 0 rings (SSSR count). The molecule has 0 spiro atoms. The lowest BCUT2D eigenvalue weighted by Gasteiger charge is -2.00. The van der Waals surface area contributed by atoms with Gasteiger partial charge in [-0.2, -0.15) is 0 Å². The van der Waals surface area contributed by atoms with Gasteiger partial charge in [0, 0.05) is 6.54 Å². The molecular formula is C7H14ClNS. The van der Waals surface area contributed by atoms with Crippen LogP contribution in [0.2, 0.25) is 0 Å². The van der Waals surface area contributed by atoms with Gasteiger partial charge in [-0.05, 0) is 18.6 Å². The van der Waals surface area contributed by atoms with Crippen molar-refractivity contribution < 1.29 is 0 Å². The highest BCUT2D eigenvalue weighted by Gasteiger charge is 1.88. The summed E-state index contributed by atoms with van der Waals surface area (Å²) in [5, 5.41) is 2.90. The van der Waals surface area contributed by atoms with E-state index in [4.69, 9.17) is 11.6 Å². The monoisotopic (exact) mass is 179 g/mol. The van der Waals surface area contributed by atoms with E-state index in [0.717, 1.165) is 6.54 Å². The quantitative estimate of drug-likeness (QED) is 0.302. The van der Waals surface area contributed by atoms with Gasteiger partial charge in [0.05, 0.1) is 0 Å². The predicted octanol–water partition coefficient (Wildman–Crippen LogP) is 2.68. The number of unbranched alkanes of at least 4 members (excludes halogenated alkanes) is 3. The molecule has 0 amide bonds. The zero-order valence-corrected chi connectivity index (χ0v) is 7.89. The summed E-state index contributed by atoms with van der Waals surface area (Å²) in [6.45, 7) is 3.11. The van der Waals surface area contributed by atoms with Crippen LogP contribution >= 0.6 is 23.8 Å². The second-order valence-corrected chi connectivity index (χ2v) is 3.27. The van der Waals surface area contributed by atoms with Gasteiger partial charge < -0.3 is 5.32 Å². The van der Waals surface area contributed by atoms with Crippen LogP contribution in [0.3, 0.4) is 0 Å². The highest BCUT2D eigenvalue weighted by atomic mass is 35.5. The molecule has 0 aromatic heterocycles. The molecule has 60 valence electrons. The van der Waals surface area contributed by atoms with Crippen LogP contribution in [0.1, 0.15) is 32.6 Å². The first kappa shape index (κ1) is 10.2. The van der Waals surface area contributed by atoms with Crippen LogP contribution in [0, 0.1) is 0 Å². The van der Waals surface area contributed by atoms with Crippen LogP contribution in [-0.2, 0) is 0 Å². The fraction of sp³-hybridized carbons (Fsp3) is 0.857. The summed E-state index contributed by atoms with van der Waals surface area (Å²) in [7, 11) is 0. The van der Waals surface area contributed by atoms with Crippen molar-refractivity contribution in [2.75, 3.05) is 6.54 Å². The van der Waals surface area contributed by atoms with Gasteiger partial charge in [-0.15, -0.1) is 0 Å². The van der Waals surface area contributed by atoms with Gasteiger partial charge in [-0.1, -0.05) is 37.8 Å². The Morgan fingerprint density at radius 1 is 1.40 bits per heavy atom. The summed E-state index contributed by atoms with van der Waals surface area (Å²) in [4.78, 5) is 0. The third kappa shape index (κ3) is 8.18. The Hall–Kier alpha value is 0.180. The van der Waals surface area contributed by atoms with Gasteiger partial charge in [0.15, 0.2) is 4.45 Å². The second kappa shape index (κ2) is 7.29. The molecule has 0 aliphatic carbocycles. The minimum absolute atomic E-state index is 0.386. The maximum absolute atomic E-state index is 5.41. The summed E-state index contributed by atoms with van der Waals surface area (Å²) >= 11 is 10.0. The first-order valence-electron chi connectivity index (χ1n) is 3.70. The molecule has 0 bridgehead atoms. The molecule has 0 aromatic carbocycles. The number of hydrogen-bond donors (Lipinski definition) is 1. The minimum Gasteiger partial charge on any atom is -0.367 e. The molecule has 1 N–H and O–H groups in total. The number of nitrogens with one attached hydrogen (secondary N) is 1. The van der Waals surface area contributed by atoms with Crippen molar-refractivity contribution in [3.63, 3.8) is 0 Å². The van der Waals surface area contributed by atoms with Gasteiger partial charge in [-0.25, -0.2) is 0 Å². The number of thiocarbonyl (C=S) groups is 1. The Morgan fingerprint density at radius 3 is 2.60 bits per heavy atom.